The van der Waals surface area contributed by atoms with E-state index in [-0.39, 0.29) is 32.6 Å². The van der Waals surface area contributed by atoms with E-state index in [4.69, 9.17) is 4.74 Å². The van der Waals surface area contributed by atoms with E-state index in [9.17, 15) is 26.7 Å². The van der Waals surface area contributed by atoms with Gasteiger partial charge in [-0.3, -0.25) is 4.79 Å². The normalized spacial score (nSPS) is 15.1. The van der Waals surface area contributed by atoms with E-state index in [1.165, 1.54) is 30.3 Å². The molecule has 0 aliphatic carbocycles. The number of ether oxygens (including phenoxy) is 1. The highest BCUT2D eigenvalue weighted by Crippen LogP contribution is 2.43. The van der Waals surface area contributed by atoms with E-state index >= 15 is 0 Å². The zero-order valence-corrected chi connectivity index (χ0v) is 18.3. The van der Waals surface area contributed by atoms with Crippen LogP contribution in [0.25, 0.3) is 0 Å². The molecule has 0 saturated carbocycles. The van der Waals surface area contributed by atoms with Crippen LogP contribution in [0.2, 0.25) is 0 Å². The van der Waals surface area contributed by atoms with Crippen LogP contribution in [0, 0.1) is 0 Å². The first kappa shape index (κ1) is 22.0. The van der Waals surface area contributed by atoms with Gasteiger partial charge in [-0.15, -0.1) is 0 Å². The summed E-state index contributed by atoms with van der Waals surface area (Å²) in [4.78, 5) is 10.9. The number of sulfone groups is 1. The Kier molecular flexibility index (Phi) is 5.76. The Bertz CT molecular complexity index is 1380. The summed E-state index contributed by atoms with van der Waals surface area (Å²) in [7, 11) is -8.33. The number of carboxylic acid groups (broad SMARTS) is 1. The number of nitrogens with one attached hydrogen (secondary N) is 1. The molecule has 0 spiro atoms. The monoisotopic (exact) mass is 473 g/mol. The summed E-state index contributed by atoms with van der Waals surface area (Å²) in [6, 6.07) is 17.2. The van der Waals surface area contributed by atoms with Crippen molar-refractivity contribution in [1.29, 1.82) is 0 Å². The predicted octanol–water partition coefficient (Wildman–Crippen LogP) is 2.99. The zero-order chi connectivity index (χ0) is 22.9. The Balaban J connectivity index is 1.61. The smallest absolute Gasteiger partial charge is 0.321 e. The standard InChI is InChI=1S/C22H19NO7S2/c24-22(25)17(12-10-15-6-2-1-3-7-15)23-32(28,29)16-11-13-19-21(14-16)31(26,27)20-9-5-4-8-18(20)30-19/h1-9,11,13-14,17,23H,10,12H2,(H,24,25)/t17-/m0/s1. The first-order valence-electron chi connectivity index (χ1n) is 9.63. The summed E-state index contributed by atoms with van der Waals surface area (Å²) in [5, 5.41) is 9.50. The molecule has 2 N–H and O–H groups in total. The molecule has 1 aliphatic rings. The summed E-state index contributed by atoms with van der Waals surface area (Å²) in [5.41, 5.74) is 0.869. The molecule has 4 rings (SSSR count). The Morgan fingerprint density at radius 2 is 1.59 bits per heavy atom. The van der Waals surface area contributed by atoms with Crippen molar-refractivity contribution in [3.8, 4) is 11.5 Å². The number of carbonyl (C=O) groups is 1. The molecule has 0 aromatic heterocycles. The Morgan fingerprint density at radius 1 is 0.938 bits per heavy atom. The molecule has 0 bridgehead atoms. The van der Waals surface area contributed by atoms with Gasteiger partial charge in [0.2, 0.25) is 19.9 Å². The number of benzene rings is 3. The van der Waals surface area contributed by atoms with Crippen molar-refractivity contribution in [3.05, 3.63) is 78.4 Å². The largest absolute Gasteiger partial charge is 0.480 e. The minimum Gasteiger partial charge on any atom is -0.480 e. The van der Waals surface area contributed by atoms with Gasteiger partial charge in [0.1, 0.15) is 27.3 Å². The first-order chi connectivity index (χ1) is 15.2. The molecule has 0 amide bonds. The summed E-state index contributed by atoms with van der Waals surface area (Å²) in [6.07, 6.45) is 0.377. The third-order valence-corrected chi connectivity index (χ3v) is 8.32. The highest BCUT2D eigenvalue weighted by molar-refractivity contribution is 7.92. The van der Waals surface area contributed by atoms with E-state index < -0.39 is 31.9 Å². The van der Waals surface area contributed by atoms with Crippen molar-refractivity contribution in [3.63, 3.8) is 0 Å². The molecule has 3 aromatic carbocycles. The fourth-order valence-electron chi connectivity index (χ4n) is 3.39. The van der Waals surface area contributed by atoms with Gasteiger partial charge < -0.3 is 9.84 Å². The number of para-hydroxylation sites is 1. The van der Waals surface area contributed by atoms with Crippen LogP contribution in [0.15, 0.2) is 87.5 Å². The molecular formula is C22H19NO7S2. The van der Waals surface area contributed by atoms with Crippen molar-refractivity contribution in [2.24, 2.45) is 0 Å². The minimum absolute atomic E-state index is 0.00140. The van der Waals surface area contributed by atoms with Crippen LogP contribution >= 0.6 is 0 Å². The Hall–Kier alpha value is -3.21. The van der Waals surface area contributed by atoms with Crippen LogP contribution in [0.3, 0.4) is 0 Å². The zero-order valence-electron chi connectivity index (χ0n) is 16.6. The molecule has 32 heavy (non-hydrogen) atoms. The van der Waals surface area contributed by atoms with Crippen LogP contribution in [0.4, 0.5) is 0 Å². The number of hydrogen-bond donors (Lipinski definition) is 2. The number of aryl methyl sites for hydroxylation is 1. The summed E-state index contributed by atoms with van der Waals surface area (Å²) >= 11 is 0. The van der Waals surface area contributed by atoms with Gasteiger partial charge >= 0.3 is 5.97 Å². The molecule has 1 aliphatic heterocycles. The third-order valence-electron chi connectivity index (χ3n) is 5.03. The maximum absolute atomic E-state index is 13.0. The summed E-state index contributed by atoms with van der Waals surface area (Å²) in [6.45, 7) is 0. The lowest BCUT2D eigenvalue weighted by Gasteiger charge is -2.21. The highest BCUT2D eigenvalue weighted by Gasteiger charge is 2.33. The molecule has 1 heterocycles. The van der Waals surface area contributed by atoms with E-state index in [0.717, 1.165) is 11.6 Å². The van der Waals surface area contributed by atoms with Crippen molar-refractivity contribution >= 4 is 25.8 Å². The van der Waals surface area contributed by atoms with Crippen molar-refractivity contribution in [1.82, 2.24) is 4.72 Å². The molecule has 0 unspecified atom stereocenters. The lowest BCUT2D eigenvalue weighted by atomic mass is 10.1. The van der Waals surface area contributed by atoms with E-state index in [0.29, 0.717) is 6.42 Å². The molecule has 10 heteroatoms. The Morgan fingerprint density at radius 3 is 2.31 bits per heavy atom. The van der Waals surface area contributed by atoms with Crippen LogP contribution in [0.5, 0.6) is 11.5 Å². The van der Waals surface area contributed by atoms with Gasteiger partial charge in [-0.25, -0.2) is 16.8 Å². The summed E-state index contributed by atoms with van der Waals surface area (Å²) < 4.78 is 59.5. The molecule has 3 aromatic rings. The maximum atomic E-state index is 13.0. The lowest BCUT2D eigenvalue weighted by molar-refractivity contribution is -0.139. The molecule has 8 nitrogen and oxygen atoms in total. The second-order valence-corrected chi connectivity index (χ2v) is 10.8. The fraction of sp³-hybridized carbons (Fsp3) is 0.136. The number of aliphatic carboxylic acids is 1. The predicted molar refractivity (Wildman–Crippen MR) is 115 cm³/mol. The van der Waals surface area contributed by atoms with Gasteiger partial charge in [0.05, 0.1) is 4.90 Å². The maximum Gasteiger partial charge on any atom is 0.321 e. The second-order valence-electron chi connectivity index (χ2n) is 7.20. The molecule has 166 valence electrons. The van der Waals surface area contributed by atoms with E-state index in [1.54, 1.807) is 6.07 Å². The highest BCUT2D eigenvalue weighted by atomic mass is 32.2. The molecular weight excluding hydrogens is 454 g/mol. The van der Waals surface area contributed by atoms with Gasteiger partial charge in [0, 0.05) is 0 Å². The van der Waals surface area contributed by atoms with Gasteiger partial charge in [0.25, 0.3) is 0 Å². The average molecular weight is 474 g/mol. The van der Waals surface area contributed by atoms with Crippen molar-refractivity contribution in [2.45, 2.75) is 33.6 Å². The van der Waals surface area contributed by atoms with Crippen LogP contribution in [-0.2, 0) is 31.1 Å². The van der Waals surface area contributed by atoms with Crippen molar-refractivity contribution < 1.29 is 31.5 Å². The SMILES string of the molecule is O=C(O)[C@H](CCc1ccccc1)NS(=O)(=O)c1ccc2c(c1)S(=O)(=O)c1ccccc1O2. The molecule has 0 saturated heterocycles. The molecule has 0 fully saturated rings. The topological polar surface area (TPSA) is 127 Å². The second kappa shape index (κ2) is 8.38. The van der Waals surface area contributed by atoms with Gasteiger partial charge in [-0.2, -0.15) is 4.72 Å². The number of carboxylic acids is 1. The van der Waals surface area contributed by atoms with Gasteiger partial charge in [0.15, 0.2) is 0 Å². The third kappa shape index (κ3) is 4.24. The minimum atomic E-state index is -4.32. The molecule has 1 atom stereocenters. The first-order valence-corrected chi connectivity index (χ1v) is 12.6. The summed E-state index contributed by atoms with van der Waals surface area (Å²) in [5.74, 6) is -1.17. The van der Waals surface area contributed by atoms with Crippen LogP contribution < -0.4 is 9.46 Å². The van der Waals surface area contributed by atoms with Gasteiger partial charge in [-0.05, 0) is 48.7 Å². The van der Waals surface area contributed by atoms with E-state index in [1.807, 2.05) is 30.3 Å². The van der Waals surface area contributed by atoms with E-state index in [2.05, 4.69) is 4.72 Å². The average Bonchev–Trinajstić information content (AvgIpc) is 2.77. The van der Waals surface area contributed by atoms with Gasteiger partial charge in [-0.1, -0.05) is 42.5 Å². The van der Waals surface area contributed by atoms with Crippen molar-refractivity contribution in [2.75, 3.05) is 0 Å². The lowest BCUT2D eigenvalue weighted by Crippen LogP contribution is -2.41. The van der Waals surface area contributed by atoms with Crippen LogP contribution in [0.1, 0.15) is 12.0 Å². The number of sulfonamides is 1. The number of rotatable bonds is 7. The van der Waals surface area contributed by atoms with Crippen LogP contribution in [-0.4, -0.2) is 34.0 Å². The fourth-order valence-corrected chi connectivity index (χ4v) is 6.24. The number of hydrogen-bond acceptors (Lipinski definition) is 6. The quantitative estimate of drug-likeness (QED) is 0.422. The number of fused-ring (bicyclic) bond motifs is 2. The Labute approximate surface area is 185 Å². The molecule has 0 radical (unpaired) electrons.